The molecule has 0 aliphatic heterocycles. The van der Waals surface area contributed by atoms with E-state index >= 15 is 0 Å². The van der Waals surface area contributed by atoms with Gasteiger partial charge in [-0.2, -0.15) is 13.2 Å². The van der Waals surface area contributed by atoms with Crippen LogP contribution in [0.4, 0.5) is 13.2 Å². The predicted octanol–water partition coefficient (Wildman–Crippen LogP) is 3.53. The number of carboxylic acid groups (broad SMARTS) is 1. The second-order valence-electron chi connectivity index (χ2n) is 4.23. The zero-order valence-corrected chi connectivity index (χ0v) is 11.9. The number of halogens is 3. The van der Waals surface area contributed by atoms with E-state index in [0.717, 1.165) is 12.1 Å². The summed E-state index contributed by atoms with van der Waals surface area (Å²) in [6, 6.07) is 4.34. The maximum Gasteiger partial charge on any atom is 0.416 e. The Labute approximate surface area is 122 Å². The lowest BCUT2D eigenvalue weighted by atomic mass is 10.1. The Hall–Kier alpha value is -1.96. The number of imidazole rings is 1. The zero-order valence-electron chi connectivity index (χ0n) is 11.1. The molecule has 0 amide bonds. The van der Waals surface area contributed by atoms with Gasteiger partial charge in [-0.25, -0.2) is 9.78 Å². The molecule has 1 aromatic carbocycles. The number of thioether (sulfide) groups is 1. The Bertz CT molecular complexity index is 678. The monoisotopic (exact) mass is 316 g/mol. The standard InChI is InChI=1S/C13H11F3N2O2S/c1-18-10(9(11(19)20)17-12(18)21-2)7-3-5-8(6-4-7)13(14,15)16/h3-6H,1-2H3,(H,19,20). The number of hydrogen-bond donors (Lipinski definition) is 1. The molecule has 2 rings (SSSR count). The number of rotatable bonds is 3. The summed E-state index contributed by atoms with van der Waals surface area (Å²) in [6.07, 6.45) is -2.68. The third-order valence-corrected chi connectivity index (χ3v) is 3.66. The highest BCUT2D eigenvalue weighted by atomic mass is 32.2. The average Bonchev–Trinajstić information content (AvgIpc) is 2.75. The number of nitrogens with zero attached hydrogens (tertiary/aromatic N) is 2. The van der Waals surface area contributed by atoms with Crippen LogP contribution in [-0.2, 0) is 13.2 Å². The van der Waals surface area contributed by atoms with Gasteiger partial charge in [0.15, 0.2) is 10.9 Å². The van der Waals surface area contributed by atoms with E-state index in [4.69, 9.17) is 0 Å². The molecule has 0 unspecified atom stereocenters. The van der Waals surface area contributed by atoms with Crippen LogP contribution in [0.3, 0.4) is 0 Å². The first-order valence-electron chi connectivity index (χ1n) is 5.77. The molecule has 4 nitrogen and oxygen atoms in total. The van der Waals surface area contributed by atoms with Gasteiger partial charge in [0, 0.05) is 12.6 Å². The minimum atomic E-state index is -4.43. The van der Waals surface area contributed by atoms with Crippen molar-refractivity contribution in [2.45, 2.75) is 11.3 Å². The van der Waals surface area contributed by atoms with Crippen LogP contribution in [0.25, 0.3) is 11.3 Å². The highest BCUT2D eigenvalue weighted by Gasteiger charge is 2.30. The molecular formula is C13H11F3N2O2S. The first-order valence-corrected chi connectivity index (χ1v) is 6.99. The molecule has 0 bridgehead atoms. The molecule has 1 aromatic heterocycles. The van der Waals surface area contributed by atoms with Crippen molar-refractivity contribution in [2.75, 3.05) is 6.26 Å². The van der Waals surface area contributed by atoms with E-state index in [1.54, 1.807) is 17.9 Å². The minimum Gasteiger partial charge on any atom is -0.476 e. The molecule has 1 heterocycles. The summed E-state index contributed by atoms with van der Waals surface area (Å²) in [7, 11) is 1.62. The third kappa shape index (κ3) is 2.90. The highest BCUT2D eigenvalue weighted by molar-refractivity contribution is 7.98. The van der Waals surface area contributed by atoms with Crippen LogP contribution in [0.1, 0.15) is 16.1 Å². The molecule has 0 atom stereocenters. The van der Waals surface area contributed by atoms with Crippen LogP contribution < -0.4 is 0 Å². The van der Waals surface area contributed by atoms with Crippen molar-refractivity contribution in [2.24, 2.45) is 7.05 Å². The Morgan fingerprint density at radius 3 is 2.29 bits per heavy atom. The van der Waals surface area contributed by atoms with Crippen molar-refractivity contribution in [3.05, 3.63) is 35.5 Å². The summed E-state index contributed by atoms with van der Waals surface area (Å²) in [5.41, 5.74) is -0.312. The molecule has 0 radical (unpaired) electrons. The Morgan fingerprint density at radius 1 is 1.29 bits per heavy atom. The lowest BCUT2D eigenvalue weighted by Gasteiger charge is -2.09. The van der Waals surface area contributed by atoms with Crippen molar-refractivity contribution in [1.82, 2.24) is 9.55 Å². The maximum absolute atomic E-state index is 12.6. The van der Waals surface area contributed by atoms with Crippen molar-refractivity contribution >= 4 is 17.7 Å². The van der Waals surface area contributed by atoms with Crippen molar-refractivity contribution < 1.29 is 23.1 Å². The van der Waals surface area contributed by atoms with Gasteiger partial charge in [-0.3, -0.25) is 0 Å². The smallest absolute Gasteiger partial charge is 0.416 e. The van der Waals surface area contributed by atoms with E-state index < -0.39 is 17.7 Å². The van der Waals surface area contributed by atoms with Crippen molar-refractivity contribution in [3.63, 3.8) is 0 Å². The molecule has 21 heavy (non-hydrogen) atoms. The zero-order chi connectivity index (χ0) is 15.8. The van der Waals surface area contributed by atoms with E-state index in [0.29, 0.717) is 10.7 Å². The third-order valence-electron chi connectivity index (χ3n) is 2.92. The number of alkyl halides is 3. The Morgan fingerprint density at radius 2 is 1.86 bits per heavy atom. The lowest BCUT2D eigenvalue weighted by molar-refractivity contribution is -0.137. The van der Waals surface area contributed by atoms with Crippen LogP contribution in [0.5, 0.6) is 0 Å². The summed E-state index contributed by atoms with van der Waals surface area (Å²) in [4.78, 5) is 15.2. The lowest BCUT2D eigenvalue weighted by Crippen LogP contribution is -2.05. The maximum atomic E-state index is 12.6. The van der Waals surface area contributed by atoms with E-state index in [1.165, 1.54) is 23.9 Å². The quantitative estimate of drug-likeness (QED) is 0.880. The highest BCUT2D eigenvalue weighted by Crippen LogP contribution is 2.32. The van der Waals surface area contributed by atoms with Crippen LogP contribution in [0.15, 0.2) is 29.4 Å². The number of hydrogen-bond acceptors (Lipinski definition) is 3. The molecule has 0 fully saturated rings. The molecule has 0 aliphatic rings. The van der Waals surface area contributed by atoms with Gasteiger partial charge in [0.2, 0.25) is 0 Å². The molecule has 8 heteroatoms. The predicted molar refractivity (Wildman–Crippen MR) is 72.4 cm³/mol. The summed E-state index contributed by atoms with van der Waals surface area (Å²) in [5.74, 6) is -1.22. The van der Waals surface area contributed by atoms with Gasteiger partial charge in [0.05, 0.1) is 11.3 Å². The minimum absolute atomic E-state index is 0.179. The Balaban J connectivity index is 2.56. The van der Waals surface area contributed by atoms with Gasteiger partial charge < -0.3 is 9.67 Å². The van der Waals surface area contributed by atoms with E-state index in [1.807, 2.05) is 0 Å². The van der Waals surface area contributed by atoms with Crippen molar-refractivity contribution in [1.29, 1.82) is 0 Å². The molecule has 0 saturated carbocycles. The van der Waals surface area contributed by atoms with Gasteiger partial charge >= 0.3 is 12.1 Å². The summed E-state index contributed by atoms with van der Waals surface area (Å²) >= 11 is 1.26. The summed E-state index contributed by atoms with van der Waals surface area (Å²) in [5, 5.41) is 9.65. The average molecular weight is 316 g/mol. The van der Waals surface area contributed by atoms with Crippen LogP contribution >= 0.6 is 11.8 Å². The fourth-order valence-corrected chi connectivity index (χ4v) is 2.50. The summed E-state index contributed by atoms with van der Waals surface area (Å²) < 4.78 is 39.2. The molecule has 1 N–H and O–H groups in total. The van der Waals surface area contributed by atoms with Gasteiger partial charge in [-0.05, 0) is 18.4 Å². The van der Waals surface area contributed by atoms with E-state index in [2.05, 4.69) is 4.98 Å². The van der Waals surface area contributed by atoms with Gasteiger partial charge in [0.1, 0.15) is 0 Å². The molecule has 0 spiro atoms. The van der Waals surface area contributed by atoms with Crippen LogP contribution in [-0.4, -0.2) is 26.9 Å². The number of aromatic carboxylic acids is 1. The number of aromatic nitrogens is 2. The molecule has 0 saturated heterocycles. The van der Waals surface area contributed by atoms with E-state index in [9.17, 15) is 23.1 Å². The fraction of sp³-hybridized carbons (Fsp3) is 0.231. The number of carboxylic acids is 1. The first kappa shape index (κ1) is 15.4. The van der Waals surface area contributed by atoms with Gasteiger partial charge in [0.25, 0.3) is 0 Å². The first-order chi connectivity index (χ1) is 9.75. The van der Waals surface area contributed by atoms with Crippen LogP contribution in [0, 0.1) is 0 Å². The summed E-state index contributed by atoms with van der Waals surface area (Å²) in [6.45, 7) is 0. The van der Waals surface area contributed by atoms with Crippen LogP contribution in [0.2, 0.25) is 0 Å². The molecular weight excluding hydrogens is 305 g/mol. The van der Waals surface area contributed by atoms with E-state index in [-0.39, 0.29) is 11.4 Å². The van der Waals surface area contributed by atoms with Crippen molar-refractivity contribution in [3.8, 4) is 11.3 Å². The van der Waals surface area contributed by atoms with Gasteiger partial charge in [-0.1, -0.05) is 23.9 Å². The number of benzene rings is 1. The molecule has 2 aromatic rings. The SMILES string of the molecule is CSc1nc(C(=O)O)c(-c2ccc(C(F)(F)F)cc2)n1C. The topological polar surface area (TPSA) is 55.1 Å². The molecule has 0 aliphatic carbocycles. The normalized spacial score (nSPS) is 11.7. The van der Waals surface area contributed by atoms with Gasteiger partial charge in [-0.15, -0.1) is 0 Å². The largest absolute Gasteiger partial charge is 0.476 e. The second kappa shape index (κ2) is 5.44. The number of carbonyl (C=O) groups is 1. The Kier molecular flexibility index (Phi) is 3.99. The fourth-order valence-electron chi connectivity index (χ4n) is 1.96. The molecule has 112 valence electrons. The second-order valence-corrected chi connectivity index (χ2v) is 5.01.